The second-order valence-electron chi connectivity index (χ2n) is 5.64. The van der Waals surface area contributed by atoms with Gasteiger partial charge in [0.2, 0.25) is 0 Å². The molecule has 2 aromatic rings. The van der Waals surface area contributed by atoms with Crippen molar-refractivity contribution < 1.29 is 0 Å². The highest BCUT2D eigenvalue weighted by Gasteiger charge is 2.24. The Hall–Kier alpha value is -0.440. The predicted molar refractivity (Wildman–Crippen MR) is 96.8 cm³/mol. The second kappa shape index (κ2) is 7.21. The van der Waals surface area contributed by atoms with E-state index in [0.29, 0.717) is 11.2 Å². The molecule has 0 bridgehead atoms. The fourth-order valence-corrected chi connectivity index (χ4v) is 5.11. The van der Waals surface area contributed by atoms with Crippen LogP contribution in [0.25, 0.3) is 0 Å². The molecule has 1 aliphatic heterocycles. The van der Waals surface area contributed by atoms with Gasteiger partial charge in [0.25, 0.3) is 0 Å². The van der Waals surface area contributed by atoms with E-state index in [4.69, 9.17) is 11.6 Å². The highest BCUT2D eigenvalue weighted by molar-refractivity contribution is 9.09. The zero-order valence-corrected chi connectivity index (χ0v) is 14.9. The molecule has 2 aromatic carbocycles. The summed E-state index contributed by atoms with van der Waals surface area (Å²) in [7, 11) is 0. The van der Waals surface area contributed by atoms with Crippen molar-refractivity contribution in [2.75, 3.05) is 5.33 Å². The van der Waals surface area contributed by atoms with E-state index in [1.807, 2.05) is 23.9 Å². The molecule has 0 aliphatic carbocycles. The third-order valence-electron chi connectivity index (χ3n) is 3.94. The normalized spacial score (nSPS) is 18.5. The number of fused-ring (bicyclic) bond motifs is 1. The number of halogens is 2. The Bertz CT molecular complexity index is 589. The minimum atomic E-state index is 0.662. The Morgan fingerprint density at radius 3 is 2.81 bits per heavy atom. The van der Waals surface area contributed by atoms with E-state index < -0.39 is 0 Å². The van der Waals surface area contributed by atoms with Crippen molar-refractivity contribution in [2.24, 2.45) is 5.92 Å². The van der Waals surface area contributed by atoms with E-state index in [1.54, 1.807) is 0 Å². The van der Waals surface area contributed by atoms with E-state index >= 15 is 0 Å². The lowest BCUT2D eigenvalue weighted by Gasteiger charge is -2.18. The summed E-state index contributed by atoms with van der Waals surface area (Å²) in [6.45, 7) is 0. The molecule has 1 heterocycles. The molecule has 21 heavy (non-hydrogen) atoms. The molecule has 0 saturated carbocycles. The molecule has 1 aliphatic rings. The fraction of sp³-hybridized carbons (Fsp3) is 0.333. The number of benzene rings is 2. The van der Waals surface area contributed by atoms with Crippen LogP contribution >= 0.6 is 39.3 Å². The molecule has 0 fully saturated rings. The van der Waals surface area contributed by atoms with Gasteiger partial charge in [0.1, 0.15) is 0 Å². The van der Waals surface area contributed by atoms with Gasteiger partial charge < -0.3 is 0 Å². The first-order valence-corrected chi connectivity index (χ1v) is 9.67. The molecular weight excluding hydrogens is 364 g/mol. The summed E-state index contributed by atoms with van der Waals surface area (Å²) < 4.78 is 0. The van der Waals surface area contributed by atoms with Gasteiger partial charge in [0.15, 0.2) is 0 Å². The molecule has 0 aromatic heterocycles. The largest absolute Gasteiger partial charge is 0.122 e. The number of hydrogen-bond acceptors (Lipinski definition) is 1. The van der Waals surface area contributed by atoms with Crippen molar-refractivity contribution in [3.63, 3.8) is 0 Å². The minimum absolute atomic E-state index is 0.662. The lowest BCUT2D eigenvalue weighted by atomic mass is 9.94. The van der Waals surface area contributed by atoms with Crippen LogP contribution in [0.1, 0.15) is 17.5 Å². The highest BCUT2D eigenvalue weighted by atomic mass is 79.9. The molecular formula is C18H18BrClS. The van der Waals surface area contributed by atoms with Crippen molar-refractivity contribution in [3.05, 3.63) is 64.7 Å². The SMILES string of the molecule is Clc1cccc(CC(CBr)CC2Cc3ccccc3S2)c1. The van der Waals surface area contributed by atoms with Crippen molar-refractivity contribution in [1.29, 1.82) is 0 Å². The van der Waals surface area contributed by atoms with Crippen LogP contribution in [0.3, 0.4) is 0 Å². The monoisotopic (exact) mass is 380 g/mol. The molecule has 0 radical (unpaired) electrons. The number of hydrogen-bond donors (Lipinski definition) is 0. The quantitative estimate of drug-likeness (QED) is 0.572. The van der Waals surface area contributed by atoms with Crippen LogP contribution in [0, 0.1) is 5.92 Å². The molecule has 2 atom stereocenters. The highest BCUT2D eigenvalue weighted by Crippen LogP contribution is 2.40. The topological polar surface area (TPSA) is 0 Å². The molecule has 110 valence electrons. The Kier molecular flexibility index (Phi) is 5.31. The Balaban J connectivity index is 1.61. The summed E-state index contributed by atoms with van der Waals surface area (Å²) in [5.41, 5.74) is 2.86. The van der Waals surface area contributed by atoms with Crippen molar-refractivity contribution >= 4 is 39.3 Å². The van der Waals surface area contributed by atoms with Gasteiger partial charge in [-0.25, -0.2) is 0 Å². The summed E-state index contributed by atoms with van der Waals surface area (Å²) in [4.78, 5) is 1.47. The van der Waals surface area contributed by atoms with Gasteiger partial charge in [0, 0.05) is 20.5 Å². The predicted octanol–water partition coefficient (Wildman–Crippen LogP) is 6.00. The van der Waals surface area contributed by atoms with E-state index in [-0.39, 0.29) is 0 Å². The van der Waals surface area contributed by atoms with Gasteiger partial charge in [-0.15, -0.1) is 11.8 Å². The smallest absolute Gasteiger partial charge is 0.0408 e. The standard InChI is InChI=1S/C18H18BrClS/c19-12-14(8-13-4-3-6-16(20)9-13)10-17-11-15-5-1-2-7-18(15)21-17/h1-7,9,14,17H,8,10-12H2. The summed E-state index contributed by atoms with van der Waals surface area (Å²) >= 11 is 11.8. The van der Waals surface area contributed by atoms with Crippen LogP contribution in [0.4, 0.5) is 0 Å². The third-order valence-corrected chi connectivity index (χ3v) is 6.44. The van der Waals surface area contributed by atoms with E-state index in [0.717, 1.165) is 16.8 Å². The first-order chi connectivity index (χ1) is 10.2. The van der Waals surface area contributed by atoms with Crippen molar-refractivity contribution in [2.45, 2.75) is 29.4 Å². The minimum Gasteiger partial charge on any atom is -0.122 e. The average Bonchev–Trinajstić information content (AvgIpc) is 2.89. The fourth-order valence-electron chi connectivity index (χ4n) is 2.96. The van der Waals surface area contributed by atoms with Crippen LogP contribution in [-0.2, 0) is 12.8 Å². The zero-order valence-electron chi connectivity index (χ0n) is 11.8. The second-order valence-corrected chi connectivity index (χ2v) is 8.07. The van der Waals surface area contributed by atoms with E-state index in [2.05, 4.69) is 52.3 Å². The van der Waals surface area contributed by atoms with Crippen LogP contribution in [0.2, 0.25) is 5.02 Å². The molecule has 3 rings (SSSR count). The first kappa shape index (κ1) is 15.5. The van der Waals surface area contributed by atoms with Crippen LogP contribution < -0.4 is 0 Å². The maximum absolute atomic E-state index is 6.09. The Morgan fingerprint density at radius 1 is 1.19 bits per heavy atom. The lowest BCUT2D eigenvalue weighted by molar-refractivity contribution is 0.530. The Labute approximate surface area is 144 Å². The Morgan fingerprint density at radius 2 is 2.05 bits per heavy atom. The van der Waals surface area contributed by atoms with E-state index in [9.17, 15) is 0 Å². The molecule has 0 spiro atoms. The van der Waals surface area contributed by atoms with Gasteiger partial charge in [-0.05, 0) is 54.5 Å². The van der Waals surface area contributed by atoms with Crippen LogP contribution in [-0.4, -0.2) is 10.6 Å². The van der Waals surface area contributed by atoms with Gasteiger partial charge >= 0.3 is 0 Å². The summed E-state index contributed by atoms with van der Waals surface area (Å²) in [5, 5.41) is 2.60. The van der Waals surface area contributed by atoms with Gasteiger partial charge in [-0.3, -0.25) is 0 Å². The van der Waals surface area contributed by atoms with Crippen molar-refractivity contribution in [1.82, 2.24) is 0 Å². The maximum Gasteiger partial charge on any atom is 0.0408 e. The van der Waals surface area contributed by atoms with Gasteiger partial charge in [-0.1, -0.05) is 57.9 Å². The molecule has 0 nitrogen and oxygen atoms in total. The zero-order chi connectivity index (χ0) is 14.7. The molecule has 0 saturated heterocycles. The molecule has 2 unspecified atom stereocenters. The maximum atomic E-state index is 6.09. The third kappa shape index (κ3) is 4.06. The summed E-state index contributed by atoms with van der Waals surface area (Å²) in [6, 6.07) is 17.1. The first-order valence-electron chi connectivity index (χ1n) is 7.29. The summed E-state index contributed by atoms with van der Waals surface area (Å²) in [5.74, 6) is 0.662. The molecule has 0 amide bonds. The average molecular weight is 382 g/mol. The molecule has 0 N–H and O–H groups in total. The number of alkyl halides is 1. The van der Waals surface area contributed by atoms with Crippen LogP contribution in [0.5, 0.6) is 0 Å². The number of thioether (sulfide) groups is 1. The van der Waals surface area contributed by atoms with Crippen molar-refractivity contribution in [3.8, 4) is 0 Å². The lowest BCUT2D eigenvalue weighted by Crippen LogP contribution is -2.14. The van der Waals surface area contributed by atoms with Gasteiger partial charge in [0.05, 0.1) is 0 Å². The van der Waals surface area contributed by atoms with Crippen LogP contribution in [0.15, 0.2) is 53.4 Å². The molecule has 3 heteroatoms. The van der Waals surface area contributed by atoms with Gasteiger partial charge in [-0.2, -0.15) is 0 Å². The summed E-state index contributed by atoms with van der Waals surface area (Å²) in [6.07, 6.45) is 3.55. The van der Waals surface area contributed by atoms with E-state index in [1.165, 1.54) is 28.9 Å². The number of rotatable bonds is 5.